The van der Waals surface area contributed by atoms with Crippen molar-refractivity contribution in [1.82, 2.24) is 4.90 Å². The van der Waals surface area contributed by atoms with Crippen LogP contribution in [0.5, 0.6) is 0 Å². The first-order valence-electron chi connectivity index (χ1n) is 8.16. The second-order valence-electron chi connectivity index (χ2n) is 6.04. The summed E-state index contributed by atoms with van der Waals surface area (Å²) in [5.74, 6) is 0. The lowest BCUT2D eigenvalue weighted by Gasteiger charge is -2.33. The van der Waals surface area contributed by atoms with Crippen molar-refractivity contribution in [2.24, 2.45) is 5.73 Å². The van der Waals surface area contributed by atoms with E-state index >= 15 is 0 Å². The van der Waals surface area contributed by atoms with Crippen LogP contribution >= 0.6 is 0 Å². The number of hydrogen-bond donors (Lipinski definition) is 2. The van der Waals surface area contributed by atoms with Crippen LogP contribution in [0.25, 0.3) is 0 Å². The second-order valence-corrected chi connectivity index (χ2v) is 6.04. The van der Waals surface area contributed by atoms with Gasteiger partial charge in [0.25, 0.3) is 0 Å². The maximum absolute atomic E-state index is 5.82. The molecular formula is C19H25N3. The SMILES string of the molecule is NCc1ccccc1NC1CCN(Cc2ccccc2)CC1. The van der Waals surface area contributed by atoms with Gasteiger partial charge in [0.1, 0.15) is 0 Å². The fourth-order valence-corrected chi connectivity index (χ4v) is 3.14. The third kappa shape index (κ3) is 3.87. The summed E-state index contributed by atoms with van der Waals surface area (Å²) in [5.41, 5.74) is 9.62. The molecule has 0 spiro atoms. The summed E-state index contributed by atoms with van der Waals surface area (Å²) in [4.78, 5) is 2.54. The van der Waals surface area contributed by atoms with Crippen LogP contribution in [0.3, 0.4) is 0 Å². The Hall–Kier alpha value is -1.84. The third-order valence-corrected chi connectivity index (χ3v) is 4.43. The van der Waals surface area contributed by atoms with E-state index in [2.05, 4.69) is 64.8 Å². The summed E-state index contributed by atoms with van der Waals surface area (Å²) in [5, 5.41) is 3.68. The van der Waals surface area contributed by atoms with E-state index in [9.17, 15) is 0 Å². The number of nitrogens with one attached hydrogen (secondary N) is 1. The van der Waals surface area contributed by atoms with Crippen LogP contribution in [0.2, 0.25) is 0 Å². The molecule has 2 aromatic rings. The van der Waals surface area contributed by atoms with Crippen LogP contribution in [0.4, 0.5) is 5.69 Å². The maximum Gasteiger partial charge on any atom is 0.0387 e. The van der Waals surface area contributed by atoms with E-state index in [4.69, 9.17) is 5.73 Å². The molecule has 1 aliphatic heterocycles. The largest absolute Gasteiger partial charge is 0.382 e. The van der Waals surface area contributed by atoms with E-state index in [0.29, 0.717) is 12.6 Å². The van der Waals surface area contributed by atoms with Crippen molar-refractivity contribution >= 4 is 5.69 Å². The van der Waals surface area contributed by atoms with Crippen LogP contribution in [-0.4, -0.2) is 24.0 Å². The molecule has 0 amide bonds. The maximum atomic E-state index is 5.82. The molecule has 0 bridgehead atoms. The van der Waals surface area contributed by atoms with E-state index < -0.39 is 0 Å². The third-order valence-electron chi connectivity index (χ3n) is 4.43. The lowest BCUT2D eigenvalue weighted by molar-refractivity contribution is 0.211. The summed E-state index contributed by atoms with van der Waals surface area (Å²) in [7, 11) is 0. The number of benzene rings is 2. The topological polar surface area (TPSA) is 41.3 Å². The lowest BCUT2D eigenvalue weighted by Crippen LogP contribution is -2.38. The minimum absolute atomic E-state index is 0.555. The number of piperidine rings is 1. The molecule has 1 aliphatic rings. The van der Waals surface area contributed by atoms with Crippen molar-refractivity contribution in [1.29, 1.82) is 0 Å². The number of rotatable bonds is 5. The highest BCUT2D eigenvalue weighted by molar-refractivity contribution is 5.51. The van der Waals surface area contributed by atoms with Crippen molar-refractivity contribution in [2.45, 2.75) is 32.0 Å². The number of nitrogens with two attached hydrogens (primary N) is 1. The van der Waals surface area contributed by atoms with Crippen LogP contribution in [0.15, 0.2) is 54.6 Å². The molecule has 1 heterocycles. The first-order valence-corrected chi connectivity index (χ1v) is 8.16. The molecule has 0 atom stereocenters. The molecule has 3 nitrogen and oxygen atoms in total. The van der Waals surface area contributed by atoms with Gasteiger partial charge in [-0.15, -0.1) is 0 Å². The van der Waals surface area contributed by atoms with Gasteiger partial charge in [-0.2, -0.15) is 0 Å². The van der Waals surface area contributed by atoms with Crippen molar-refractivity contribution in [2.75, 3.05) is 18.4 Å². The molecule has 22 heavy (non-hydrogen) atoms. The molecule has 0 unspecified atom stereocenters. The zero-order chi connectivity index (χ0) is 15.2. The summed E-state index contributed by atoms with van der Waals surface area (Å²) in [6, 6.07) is 19.7. The van der Waals surface area contributed by atoms with Gasteiger partial charge < -0.3 is 11.1 Å². The van der Waals surface area contributed by atoms with Gasteiger partial charge in [-0.05, 0) is 30.0 Å². The predicted octanol–water partition coefficient (Wildman–Crippen LogP) is 3.22. The Labute approximate surface area is 133 Å². The summed E-state index contributed by atoms with van der Waals surface area (Å²) >= 11 is 0. The Morgan fingerprint density at radius 1 is 0.955 bits per heavy atom. The summed E-state index contributed by atoms with van der Waals surface area (Å²) in [6.45, 7) is 3.96. The van der Waals surface area contributed by atoms with Crippen molar-refractivity contribution < 1.29 is 0 Å². The van der Waals surface area contributed by atoms with Gasteiger partial charge >= 0.3 is 0 Å². The highest BCUT2D eigenvalue weighted by atomic mass is 15.1. The molecule has 0 aromatic heterocycles. The lowest BCUT2D eigenvalue weighted by atomic mass is 10.0. The van der Waals surface area contributed by atoms with Crippen LogP contribution in [0.1, 0.15) is 24.0 Å². The molecule has 2 aromatic carbocycles. The fourth-order valence-electron chi connectivity index (χ4n) is 3.14. The molecule has 3 rings (SSSR count). The van der Waals surface area contributed by atoms with Gasteiger partial charge in [0.05, 0.1) is 0 Å². The van der Waals surface area contributed by atoms with E-state index in [1.54, 1.807) is 0 Å². The van der Waals surface area contributed by atoms with Crippen LogP contribution < -0.4 is 11.1 Å². The van der Waals surface area contributed by atoms with Gasteiger partial charge in [0, 0.05) is 37.9 Å². The van der Waals surface area contributed by atoms with Gasteiger partial charge in [-0.1, -0.05) is 48.5 Å². The van der Waals surface area contributed by atoms with E-state index in [-0.39, 0.29) is 0 Å². The van der Waals surface area contributed by atoms with Gasteiger partial charge in [0.15, 0.2) is 0 Å². The predicted molar refractivity (Wildman–Crippen MR) is 92.7 cm³/mol. The number of likely N-dealkylation sites (tertiary alicyclic amines) is 1. The van der Waals surface area contributed by atoms with Gasteiger partial charge in [-0.25, -0.2) is 0 Å². The van der Waals surface area contributed by atoms with Crippen molar-refractivity contribution in [3.63, 3.8) is 0 Å². The van der Waals surface area contributed by atoms with Gasteiger partial charge in [0.2, 0.25) is 0 Å². The normalized spacial score (nSPS) is 16.6. The minimum Gasteiger partial charge on any atom is -0.382 e. The summed E-state index contributed by atoms with van der Waals surface area (Å²) in [6.07, 6.45) is 2.37. The molecule has 116 valence electrons. The highest BCUT2D eigenvalue weighted by Crippen LogP contribution is 2.21. The number of anilines is 1. The average molecular weight is 295 g/mol. The number of nitrogens with zero attached hydrogens (tertiary/aromatic N) is 1. The molecule has 0 saturated carbocycles. The fraction of sp³-hybridized carbons (Fsp3) is 0.368. The standard InChI is InChI=1S/C19H25N3/c20-14-17-8-4-5-9-19(17)21-18-10-12-22(13-11-18)15-16-6-2-1-3-7-16/h1-9,18,21H,10-15,20H2. The van der Waals surface area contributed by atoms with Crippen molar-refractivity contribution in [3.8, 4) is 0 Å². The number of para-hydroxylation sites is 1. The Morgan fingerprint density at radius 3 is 2.36 bits per heavy atom. The summed E-state index contributed by atoms with van der Waals surface area (Å²) < 4.78 is 0. The van der Waals surface area contributed by atoms with Crippen LogP contribution in [0, 0.1) is 0 Å². The molecule has 0 radical (unpaired) electrons. The highest BCUT2D eigenvalue weighted by Gasteiger charge is 2.19. The zero-order valence-corrected chi connectivity index (χ0v) is 13.0. The Morgan fingerprint density at radius 2 is 1.64 bits per heavy atom. The van der Waals surface area contributed by atoms with E-state index in [0.717, 1.165) is 19.6 Å². The minimum atomic E-state index is 0.555. The first-order chi connectivity index (χ1) is 10.8. The molecular weight excluding hydrogens is 270 g/mol. The zero-order valence-electron chi connectivity index (χ0n) is 13.0. The quantitative estimate of drug-likeness (QED) is 0.890. The average Bonchev–Trinajstić information content (AvgIpc) is 2.58. The Bertz CT molecular complexity index is 574. The smallest absolute Gasteiger partial charge is 0.0387 e. The van der Waals surface area contributed by atoms with Gasteiger partial charge in [-0.3, -0.25) is 4.90 Å². The number of hydrogen-bond acceptors (Lipinski definition) is 3. The molecule has 3 N–H and O–H groups in total. The molecule has 1 saturated heterocycles. The van der Waals surface area contributed by atoms with Crippen molar-refractivity contribution in [3.05, 3.63) is 65.7 Å². The Balaban J connectivity index is 1.51. The van der Waals surface area contributed by atoms with E-state index in [1.165, 1.54) is 29.7 Å². The molecule has 3 heteroatoms. The van der Waals surface area contributed by atoms with Crippen LogP contribution in [-0.2, 0) is 13.1 Å². The second kappa shape index (κ2) is 7.43. The molecule has 1 fully saturated rings. The first kappa shape index (κ1) is 15.1. The monoisotopic (exact) mass is 295 g/mol. The Kier molecular flexibility index (Phi) is 5.09. The van der Waals surface area contributed by atoms with E-state index in [1.807, 2.05) is 0 Å². The molecule has 0 aliphatic carbocycles.